The molecule has 3 rings (SSSR count). The quantitative estimate of drug-likeness (QED) is 0.904. The zero-order valence-corrected chi connectivity index (χ0v) is 11.5. The van der Waals surface area contributed by atoms with Crippen molar-refractivity contribution in [2.45, 2.75) is 44.6 Å². The summed E-state index contributed by atoms with van der Waals surface area (Å²) in [4.78, 5) is 0. The summed E-state index contributed by atoms with van der Waals surface area (Å²) in [6, 6.07) is 7.04. The van der Waals surface area contributed by atoms with E-state index in [0.717, 1.165) is 30.5 Å². The van der Waals surface area contributed by atoms with Crippen LogP contribution in [0.1, 0.15) is 37.7 Å². The van der Waals surface area contributed by atoms with Crippen LogP contribution in [0.4, 0.5) is 0 Å². The van der Waals surface area contributed by atoms with Gasteiger partial charge in [-0.25, -0.2) is 0 Å². The minimum absolute atomic E-state index is 0.662. The minimum Gasteiger partial charge on any atom is -0.486 e. The predicted octanol–water partition coefficient (Wildman–Crippen LogP) is 2.92. The van der Waals surface area contributed by atoms with E-state index in [-0.39, 0.29) is 0 Å². The molecule has 0 spiro atoms. The van der Waals surface area contributed by atoms with E-state index in [0.29, 0.717) is 13.2 Å². The summed E-state index contributed by atoms with van der Waals surface area (Å²) in [5.41, 5.74) is 1.33. The molecule has 0 saturated heterocycles. The van der Waals surface area contributed by atoms with Crippen molar-refractivity contribution in [1.29, 1.82) is 0 Å². The number of ether oxygens (including phenoxy) is 2. The van der Waals surface area contributed by atoms with Gasteiger partial charge in [0.1, 0.15) is 13.2 Å². The van der Waals surface area contributed by atoms with Crippen molar-refractivity contribution < 1.29 is 9.47 Å². The number of hydrogen-bond donors (Lipinski definition) is 1. The van der Waals surface area contributed by atoms with E-state index in [9.17, 15) is 0 Å². The molecule has 1 heterocycles. The van der Waals surface area contributed by atoms with Crippen LogP contribution in [0, 0.1) is 0 Å². The fourth-order valence-electron chi connectivity index (χ4n) is 2.97. The Morgan fingerprint density at radius 2 is 1.79 bits per heavy atom. The standard InChI is InChI=1S/C16H23NO2/c1-2-4-14(5-3-1)17-9-8-13-6-7-15-16(12-13)19-11-10-18-15/h6-7,12,14,17H,1-5,8-11H2. The molecule has 1 aromatic rings. The summed E-state index contributed by atoms with van der Waals surface area (Å²) in [7, 11) is 0. The molecule has 3 heteroatoms. The molecule has 1 aliphatic carbocycles. The van der Waals surface area contributed by atoms with Gasteiger partial charge in [0.05, 0.1) is 0 Å². The maximum Gasteiger partial charge on any atom is 0.161 e. The summed E-state index contributed by atoms with van der Waals surface area (Å²) < 4.78 is 11.2. The molecular weight excluding hydrogens is 238 g/mol. The summed E-state index contributed by atoms with van der Waals surface area (Å²) in [5, 5.41) is 3.68. The highest BCUT2D eigenvalue weighted by Crippen LogP contribution is 2.30. The van der Waals surface area contributed by atoms with Crippen LogP contribution in [-0.4, -0.2) is 25.8 Å². The highest BCUT2D eigenvalue weighted by Gasteiger charge is 2.13. The van der Waals surface area contributed by atoms with Crippen molar-refractivity contribution in [3.05, 3.63) is 23.8 Å². The Morgan fingerprint density at radius 3 is 2.63 bits per heavy atom. The van der Waals surface area contributed by atoms with Crippen molar-refractivity contribution in [1.82, 2.24) is 5.32 Å². The number of hydrogen-bond acceptors (Lipinski definition) is 3. The monoisotopic (exact) mass is 261 g/mol. The van der Waals surface area contributed by atoms with Crippen LogP contribution in [0.15, 0.2) is 18.2 Å². The Morgan fingerprint density at radius 1 is 1.00 bits per heavy atom. The summed E-state index contributed by atoms with van der Waals surface area (Å²) in [5.74, 6) is 1.79. The first-order valence-electron chi connectivity index (χ1n) is 7.54. The molecule has 2 aliphatic rings. The Balaban J connectivity index is 1.49. The van der Waals surface area contributed by atoms with E-state index >= 15 is 0 Å². The molecular formula is C16H23NO2. The Hall–Kier alpha value is -1.22. The first-order chi connectivity index (χ1) is 9.42. The number of rotatable bonds is 4. The fraction of sp³-hybridized carbons (Fsp3) is 0.625. The molecule has 0 amide bonds. The molecule has 0 radical (unpaired) electrons. The zero-order chi connectivity index (χ0) is 12.9. The molecule has 1 saturated carbocycles. The van der Waals surface area contributed by atoms with Gasteiger partial charge in [-0.2, -0.15) is 0 Å². The molecule has 19 heavy (non-hydrogen) atoms. The molecule has 0 atom stereocenters. The van der Waals surface area contributed by atoms with Crippen molar-refractivity contribution in [3.63, 3.8) is 0 Å². The van der Waals surface area contributed by atoms with Crippen molar-refractivity contribution in [3.8, 4) is 11.5 Å². The van der Waals surface area contributed by atoms with Crippen LogP contribution >= 0.6 is 0 Å². The number of benzene rings is 1. The zero-order valence-electron chi connectivity index (χ0n) is 11.5. The second kappa shape index (κ2) is 6.29. The lowest BCUT2D eigenvalue weighted by Gasteiger charge is -2.23. The average Bonchev–Trinajstić information content (AvgIpc) is 2.48. The molecule has 1 N–H and O–H groups in total. The van der Waals surface area contributed by atoms with Gasteiger partial charge < -0.3 is 14.8 Å². The van der Waals surface area contributed by atoms with Crippen LogP contribution < -0.4 is 14.8 Å². The average molecular weight is 261 g/mol. The lowest BCUT2D eigenvalue weighted by atomic mass is 9.95. The molecule has 0 unspecified atom stereocenters. The van der Waals surface area contributed by atoms with Gasteiger partial charge in [-0.15, -0.1) is 0 Å². The Bertz CT molecular complexity index is 413. The van der Waals surface area contributed by atoms with Gasteiger partial charge in [-0.3, -0.25) is 0 Å². The summed E-state index contributed by atoms with van der Waals surface area (Å²) in [6.07, 6.45) is 7.96. The van der Waals surface area contributed by atoms with Crippen molar-refractivity contribution in [2.24, 2.45) is 0 Å². The lowest BCUT2D eigenvalue weighted by Crippen LogP contribution is -2.32. The molecule has 1 fully saturated rings. The largest absolute Gasteiger partial charge is 0.486 e. The topological polar surface area (TPSA) is 30.5 Å². The maximum atomic E-state index is 5.61. The van der Waals surface area contributed by atoms with Crippen molar-refractivity contribution >= 4 is 0 Å². The molecule has 1 aliphatic heterocycles. The van der Waals surface area contributed by atoms with Gasteiger partial charge >= 0.3 is 0 Å². The lowest BCUT2D eigenvalue weighted by molar-refractivity contribution is 0.171. The summed E-state index contributed by atoms with van der Waals surface area (Å²) in [6.45, 7) is 2.39. The molecule has 0 aromatic heterocycles. The van der Waals surface area contributed by atoms with Crippen LogP contribution in [0.25, 0.3) is 0 Å². The highest BCUT2D eigenvalue weighted by atomic mass is 16.6. The summed E-state index contributed by atoms with van der Waals surface area (Å²) >= 11 is 0. The van der Waals surface area contributed by atoms with Gasteiger partial charge in [-0.05, 0) is 43.5 Å². The first kappa shape index (κ1) is 12.8. The molecule has 1 aromatic carbocycles. The highest BCUT2D eigenvalue weighted by molar-refractivity contribution is 5.43. The van der Waals surface area contributed by atoms with Crippen LogP contribution in [0.3, 0.4) is 0 Å². The Labute approximate surface area is 115 Å². The minimum atomic E-state index is 0.662. The van der Waals surface area contributed by atoms with Crippen LogP contribution in [0.5, 0.6) is 11.5 Å². The maximum absolute atomic E-state index is 5.61. The molecule has 104 valence electrons. The van der Waals surface area contributed by atoms with Crippen LogP contribution in [0.2, 0.25) is 0 Å². The van der Waals surface area contributed by atoms with E-state index in [4.69, 9.17) is 9.47 Å². The molecule has 3 nitrogen and oxygen atoms in total. The van der Waals surface area contributed by atoms with Crippen molar-refractivity contribution in [2.75, 3.05) is 19.8 Å². The normalized spacial score (nSPS) is 19.4. The smallest absolute Gasteiger partial charge is 0.161 e. The van der Waals surface area contributed by atoms with Gasteiger partial charge in [0.15, 0.2) is 11.5 Å². The van der Waals surface area contributed by atoms with Gasteiger partial charge in [0.2, 0.25) is 0 Å². The third-order valence-corrected chi connectivity index (χ3v) is 4.06. The Kier molecular flexibility index (Phi) is 4.23. The first-order valence-corrected chi connectivity index (χ1v) is 7.54. The third kappa shape index (κ3) is 3.41. The van der Waals surface area contributed by atoms with Gasteiger partial charge in [0, 0.05) is 6.04 Å². The number of fused-ring (bicyclic) bond motifs is 1. The second-order valence-electron chi connectivity index (χ2n) is 5.52. The van der Waals surface area contributed by atoms with E-state index in [1.54, 1.807) is 0 Å². The number of nitrogens with one attached hydrogen (secondary N) is 1. The van der Waals surface area contributed by atoms with E-state index in [1.165, 1.54) is 37.7 Å². The van der Waals surface area contributed by atoms with Crippen LogP contribution in [-0.2, 0) is 6.42 Å². The molecule has 0 bridgehead atoms. The fourth-order valence-corrected chi connectivity index (χ4v) is 2.97. The van der Waals surface area contributed by atoms with E-state index in [2.05, 4.69) is 17.4 Å². The van der Waals surface area contributed by atoms with Gasteiger partial charge in [-0.1, -0.05) is 25.3 Å². The van der Waals surface area contributed by atoms with E-state index < -0.39 is 0 Å². The van der Waals surface area contributed by atoms with E-state index in [1.807, 2.05) is 6.07 Å². The SMILES string of the molecule is c1cc2c(cc1CCNC1CCCCC1)OCCO2. The van der Waals surface area contributed by atoms with Gasteiger partial charge in [0.25, 0.3) is 0 Å². The third-order valence-electron chi connectivity index (χ3n) is 4.06. The predicted molar refractivity (Wildman–Crippen MR) is 76.0 cm³/mol. The second-order valence-corrected chi connectivity index (χ2v) is 5.52.